The number of hydrogen-bond donors (Lipinski definition) is 2. The van der Waals surface area contributed by atoms with E-state index >= 15 is 4.39 Å². The van der Waals surface area contributed by atoms with Crippen molar-refractivity contribution in [3.05, 3.63) is 119 Å². The van der Waals surface area contributed by atoms with Crippen LogP contribution in [0.3, 0.4) is 0 Å². The Morgan fingerprint density at radius 1 is 1.05 bits per heavy atom. The molecule has 0 bridgehead atoms. The first-order chi connectivity index (χ1) is 19.4. The van der Waals surface area contributed by atoms with Crippen molar-refractivity contribution in [3.8, 4) is 11.1 Å². The number of hydrogen-bond acceptors (Lipinski definition) is 6. The van der Waals surface area contributed by atoms with Crippen LogP contribution in [0.2, 0.25) is 0 Å². The van der Waals surface area contributed by atoms with Crippen LogP contribution in [0.5, 0.6) is 0 Å². The number of nitrogens with zero attached hydrogens (tertiary/aromatic N) is 2. The van der Waals surface area contributed by atoms with E-state index in [1.165, 1.54) is 19.4 Å². The van der Waals surface area contributed by atoms with Crippen LogP contribution >= 0.6 is 0 Å². The average Bonchev–Trinajstić information content (AvgIpc) is 3.00. The molecule has 0 atom stereocenters. The summed E-state index contributed by atoms with van der Waals surface area (Å²) >= 11 is 0. The molecule has 8 heteroatoms. The van der Waals surface area contributed by atoms with Crippen LogP contribution in [0.15, 0.2) is 91.3 Å². The summed E-state index contributed by atoms with van der Waals surface area (Å²) in [7, 11) is 3.11. The molecule has 4 aromatic rings. The zero-order valence-corrected chi connectivity index (χ0v) is 22.6. The van der Waals surface area contributed by atoms with Crippen molar-refractivity contribution in [3.63, 3.8) is 0 Å². The largest absolute Gasteiger partial charge is 0.471 e. The average molecular weight is 539 g/mol. The molecular formula is C32H31FN4O3. The highest BCUT2D eigenvalue weighted by Gasteiger charge is 2.20. The normalized spacial score (nSPS) is 10.3. The number of ether oxygens (including phenoxy) is 1. The lowest BCUT2D eigenvalue weighted by Crippen LogP contribution is -2.31. The predicted octanol–water partition coefficient (Wildman–Crippen LogP) is 6.60. The molecule has 0 unspecified atom stereocenters. The second kappa shape index (κ2) is 14.7. The zero-order valence-electron chi connectivity index (χ0n) is 22.6. The van der Waals surface area contributed by atoms with E-state index in [-0.39, 0.29) is 12.5 Å². The number of anilines is 2. The summed E-state index contributed by atoms with van der Waals surface area (Å²) in [5, 5.41) is 10.7. The summed E-state index contributed by atoms with van der Waals surface area (Å²) in [6.07, 6.45) is 8.39. The van der Waals surface area contributed by atoms with Gasteiger partial charge in [-0.3, -0.25) is 14.6 Å². The molecule has 0 saturated carbocycles. The van der Waals surface area contributed by atoms with Crippen molar-refractivity contribution in [1.82, 2.24) is 4.98 Å². The molecule has 40 heavy (non-hydrogen) atoms. The van der Waals surface area contributed by atoms with Crippen LogP contribution in [0.25, 0.3) is 17.2 Å². The Kier molecular flexibility index (Phi) is 10.8. The Bertz CT molecular complexity index is 1490. The van der Waals surface area contributed by atoms with E-state index in [1.807, 2.05) is 55.5 Å². The lowest BCUT2D eigenvalue weighted by atomic mass is 10.00. The number of methoxy groups -OCH3 is 1. The first kappa shape index (κ1) is 29.4. The Balaban J connectivity index is 0.00000103. The summed E-state index contributed by atoms with van der Waals surface area (Å²) in [6, 6.07) is 21.4. The number of pyridine rings is 1. The van der Waals surface area contributed by atoms with E-state index in [2.05, 4.69) is 15.0 Å². The standard InChI is InChI=1S/C30H27FN4O.C2H4O2/c1-3-7-21-14-27(19-34-18-21)35(30(36)22-8-5-4-6-9-22)20-25-11-10-24(16-28(25)31)23-12-13-29(33-2)26(15-23)17-32;1-4-2-3/h3-19,32-33H,20H2,1-2H3;2H,1H3/b7-3+,32-17?;. The van der Waals surface area contributed by atoms with E-state index in [4.69, 9.17) is 10.2 Å². The summed E-state index contributed by atoms with van der Waals surface area (Å²) in [6.45, 7) is 2.33. The van der Waals surface area contributed by atoms with E-state index in [0.717, 1.165) is 16.8 Å². The molecule has 1 heterocycles. The molecule has 1 aromatic heterocycles. The molecule has 4 rings (SSSR count). The number of aromatic nitrogens is 1. The fourth-order valence-corrected chi connectivity index (χ4v) is 4.01. The van der Waals surface area contributed by atoms with Crippen LogP contribution in [0.1, 0.15) is 34.0 Å². The van der Waals surface area contributed by atoms with Gasteiger partial charge in [0.25, 0.3) is 12.4 Å². The monoisotopic (exact) mass is 538 g/mol. The molecule has 3 aromatic carbocycles. The van der Waals surface area contributed by atoms with Gasteiger partial charge in [0, 0.05) is 41.8 Å². The van der Waals surface area contributed by atoms with Crippen molar-refractivity contribution >= 4 is 36.0 Å². The van der Waals surface area contributed by atoms with Crippen LogP contribution in [-0.2, 0) is 16.1 Å². The van der Waals surface area contributed by atoms with Gasteiger partial charge in [-0.15, -0.1) is 0 Å². The third kappa shape index (κ3) is 7.48. The first-order valence-electron chi connectivity index (χ1n) is 12.5. The maximum absolute atomic E-state index is 15.4. The zero-order chi connectivity index (χ0) is 28.9. The van der Waals surface area contributed by atoms with Gasteiger partial charge in [0.05, 0.1) is 25.5 Å². The Labute approximate surface area is 233 Å². The fourth-order valence-electron chi connectivity index (χ4n) is 4.01. The minimum absolute atomic E-state index is 0.0469. The molecule has 0 aliphatic carbocycles. The fraction of sp³-hybridized carbons (Fsp3) is 0.125. The Morgan fingerprint density at radius 2 is 1.75 bits per heavy atom. The van der Waals surface area contributed by atoms with Crippen molar-refractivity contribution in [2.75, 3.05) is 24.4 Å². The highest BCUT2D eigenvalue weighted by atomic mass is 19.1. The smallest absolute Gasteiger partial charge is 0.292 e. The van der Waals surface area contributed by atoms with E-state index in [9.17, 15) is 4.79 Å². The van der Waals surface area contributed by atoms with Crippen molar-refractivity contribution in [2.24, 2.45) is 0 Å². The molecule has 0 aliphatic rings. The number of rotatable bonds is 9. The maximum Gasteiger partial charge on any atom is 0.292 e. The predicted molar refractivity (Wildman–Crippen MR) is 158 cm³/mol. The SMILES string of the molecule is C/C=C/c1cncc(N(Cc2ccc(-c3ccc(NC)c(C=N)c3)cc2F)C(=O)c2ccccc2)c1.COC=O. The summed E-state index contributed by atoms with van der Waals surface area (Å²) in [5.74, 6) is -0.651. The van der Waals surface area contributed by atoms with Gasteiger partial charge in [-0.2, -0.15) is 0 Å². The third-order valence-electron chi connectivity index (χ3n) is 5.97. The highest BCUT2D eigenvalue weighted by Crippen LogP contribution is 2.28. The number of carbonyl (C=O) groups excluding carboxylic acids is 2. The summed E-state index contributed by atoms with van der Waals surface area (Å²) in [4.78, 5) is 28.3. The molecule has 0 aliphatic heterocycles. The van der Waals surface area contributed by atoms with E-state index < -0.39 is 5.82 Å². The van der Waals surface area contributed by atoms with Gasteiger partial charge in [-0.25, -0.2) is 4.39 Å². The maximum atomic E-state index is 15.4. The first-order valence-corrected chi connectivity index (χ1v) is 12.5. The minimum atomic E-state index is -0.412. The molecule has 7 nitrogen and oxygen atoms in total. The second-order valence-electron chi connectivity index (χ2n) is 8.57. The van der Waals surface area contributed by atoms with Crippen LogP contribution in [0.4, 0.5) is 15.8 Å². The molecule has 0 spiro atoms. The van der Waals surface area contributed by atoms with Crippen molar-refractivity contribution in [2.45, 2.75) is 13.5 Å². The molecular weight excluding hydrogens is 507 g/mol. The number of halogens is 1. The minimum Gasteiger partial charge on any atom is -0.471 e. The lowest BCUT2D eigenvalue weighted by molar-refractivity contribution is -0.126. The topological polar surface area (TPSA) is 95.4 Å². The Hall–Kier alpha value is -5.11. The number of carbonyl (C=O) groups is 2. The van der Waals surface area contributed by atoms with Gasteiger partial charge < -0.3 is 20.4 Å². The number of benzene rings is 3. The second-order valence-corrected chi connectivity index (χ2v) is 8.57. The third-order valence-corrected chi connectivity index (χ3v) is 5.97. The molecule has 0 radical (unpaired) electrons. The number of amides is 1. The molecule has 2 N–H and O–H groups in total. The van der Waals surface area contributed by atoms with Crippen LogP contribution < -0.4 is 10.2 Å². The van der Waals surface area contributed by atoms with Crippen molar-refractivity contribution in [1.29, 1.82) is 5.41 Å². The highest BCUT2D eigenvalue weighted by molar-refractivity contribution is 6.06. The number of nitrogens with one attached hydrogen (secondary N) is 2. The van der Waals surface area contributed by atoms with Gasteiger partial charge in [-0.1, -0.05) is 48.6 Å². The van der Waals surface area contributed by atoms with Crippen LogP contribution in [-0.4, -0.2) is 37.7 Å². The van der Waals surface area contributed by atoms with Gasteiger partial charge in [0.2, 0.25) is 0 Å². The van der Waals surface area contributed by atoms with Gasteiger partial charge in [0.15, 0.2) is 0 Å². The summed E-state index contributed by atoms with van der Waals surface area (Å²) in [5.41, 5.74) is 5.37. The van der Waals surface area contributed by atoms with Crippen LogP contribution in [0, 0.1) is 11.2 Å². The lowest BCUT2D eigenvalue weighted by Gasteiger charge is -2.24. The molecule has 0 fully saturated rings. The van der Waals surface area contributed by atoms with E-state index in [1.54, 1.807) is 54.7 Å². The summed E-state index contributed by atoms with van der Waals surface area (Å²) < 4.78 is 19.2. The molecule has 0 saturated heterocycles. The van der Waals surface area contributed by atoms with Gasteiger partial charge in [0.1, 0.15) is 5.82 Å². The molecule has 204 valence electrons. The molecule has 1 amide bonds. The number of allylic oxidation sites excluding steroid dienone is 1. The van der Waals surface area contributed by atoms with Gasteiger partial charge in [-0.05, 0) is 60.0 Å². The van der Waals surface area contributed by atoms with E-state index in [0.29, 0.717) is 34.4 Å². The van der Waals surface area contributed by atoms with Crippen molar-refractivity contribution < 1.29 is 18.7 Å². The Morgan fingerprint density at radius 3 is 2.38 bits per heavy atom. The quantitative estimate of drug-likeness (QED) is 0.185. The van der Waals surface area contributed by atoms with Gasteiger partial charge >= 0.3 is 0 Å².